The van der Waals surface area contributed by atoms with E-state index in [2.05, 4.69) is 22.6 Å². The van der Waals surface area contributed by atoms with Gasteiger partial charge in [-0.15, -0.1) is 0 Å². The van der Waals surface area contributed by atoms with Gasteiger partial charge in [0.1, 0.15) is 5.82 Å². The standard InChI is InChI=1S/C9H12N4OS/c10-7-1-2-11-9(12-7)13-4-6(5-15)3-8(13)14/h1-2,6,15H,3-5H2,(H2,10,11,12). The van der Waals surface area contributed by atoms with Crippen molar-refractivity contribution in [3.63, 3.8) is 0 Å². The van der Waals surface area contributed by atoms with Gasteiger partial charge in [-0.25, -0.2) is 4.98 Å². The molecule has 1 aliphatic heterocycles. The first-order valence-electron chi connectivity index (χ1n) is 4.70. The Morgan fingerprint density at radius 3 is 3.07 bits per heavy atom. The van der Waals surface area contributed by atoms with Gasteiger partial charge in [0.05, 0.1) is 0 Å². The number of nitrogens with zero attached hydrogens (tertiary/aromatic N) is 3. The zero-order valence-corrected chi connectivity index (χ0v) is 9.02. The van der Waals surface area contributed by atoms with Gasteiger partial charge in [0.15, 0.2) is 0 Å². The molecule has 5 nitrogen and oxygen atoms in total. The van der Waals surface area contributed by atoms with Crippen LogP contribution in [0.5, 0.6) is 0 Å². The summed E-state index contributed by atoms with van der Waals surface area (Å²) in [6, 6.07) is 1.60. The zero-order valence-electron chi connectivity index (χ0n) is 8.13. The Bertz CT molecular complexity index is 384. The van der Waals surface area contributed by atoms with Gasteiger partial charge >= 0.3 is 0 Å². The van der Waals surface area contributed by atoms with Crippen LogP contribution in [-0.4, -0.2) is 28.2 Å². The molecule has 0 aromatic carbocycles. The van der Waals surface area contributed by atoms with Crippen molar-refractivity contribution >= 4 is 30.3 Å². The number of hydrogen-bond donors (Lipinski definition) is 2. The molecule has 1 aromatic heterocycles. The molecule has 1 aromatic rings. The van der Waals surface area contributed by atoms with E-state index in [1.54, 1.807) is 17.2 Å². The number of rotatable bonds is 2. The molecule has 80 valence electrons. The van der Waals surface area contributed by atoms with Gasteiger partial charge in [-0.2, -0.15) is 17.6 Å². The summed E-state index contributed by atoms with van der Waals surface area (Å²) in [5.41, 5.74) is 5.53. The number of carbonyl (C=O) groups is 1. The van der Waals surface area contributed by atoms with Crippen LogP contribution in [0, 0.1) is 5.92 Å². The Kier molecular flexibility index (Phi) is 2.77. The van der Waals surface area contributed by atoms with Crippen LogP contribution >= 0.6 is 12.6 Å². The number of aromatic nitrogens is 2. The van der Waals surface area contributed by atoms with Crippen molar-refractivity contribution < 1.29 is 4.79 Å². The zero-order chi connectivity index (χ0) is 10.8. The summed E-state index contributed by atoms with van der Waals surface area (Å²) in [6.45, 7) is 0.631. The van der Waals surface area contributed by atoms with E-state index in [1.165, 1.54) is 0 Å². The SMILES string of the molecule is Nc1ccnc(N2CC(CS)CC2=O)n1. The van der Waals surface area contributed by atoms with Crippen molar-refractivity contribution in [2.24, 2.45) is 5.92 Å². The van der Waals surface area contributed by atoms with Gasteiger partial charge in [-0.1, -0.05) is 0 Å². The Labute approximate surface area is 93.1 Å². The molecule has 0 aliphatic carbocycles. The first-order valence-corrected chi connectivity index (χ1v) is 5.33. The molecule has 15 heavy (non-hydrogen) atoms. The summed E-state index contributed by atoms with van der Waals surface area (Å²) < 4.78 is 0. The molecule has 0 spiro atoms. The van der Waals surface area contributed by atoms with Crippen LogP contribution in [0.4, 0.5) is 11.8 Å². The molecule has 2 rings (SSSR count). The number of thiol groups is 1. The smallest absolute Gasteiger partial charge is 0.234 e. The summed E-state index contributed by atoms with van der Waals surface area (Å²) in [5, 5.41) is 0. The normalized spacial score (nSPS) is 21.0. The van der Waals surface area contributed by atoms with E-state index < -0.39 is 0 Å². The quantitative estimate of drug-likeness (QED) is 0.711. The second kappa shape index (κ2) is 4.06. The molecule has 1 fully saturated rings. The topological polar surface area (TPSA) is 72.1 Å². The van der Waals surface area contributed by atoms with Gasteiger partial charge in [0, 0.05) is 19.2 Å². The summed E-state index contributed by atoms with van der Waals surface area (Å²) in [7, 11) is 0. The van der Waals surface area contributed by atoms with Crippen molar-refractivity contribution in [1.29, 1.82) is 0 Å². The molecule has 0 bridgehead atoms. The first kappa shape index (κ1) is 10.2. The van der Waals surface area contributed by atoms with E-state index in [9.17, 15) is 4.79 Å². The Morgan fingerprint density at radius 1 is 1.67 bits per heavy atom. The lowest BCUT2D eigenvalue weighted by molar-refractivity contribution is -0.117. The average Bonchev–Trinajstić information content (AvgIpc) is 2.60. The number of nitrogens with two attached hydrogens (primary N) is 1. The van der Waals surface area contributed by atoms with Gasteiger partial charge in [0.25, 0.3) is 0 Å². The summed E-state index contributed by atoms with van der Waals surface area (Å²) in [5.74, 6) is 1.79. The molecule has 1 atom stereocenters. The maximum absolute atomic E-state index is 11.6. The summed E-state index contributed by atoms with van der Waals surface area (Å²) >= 11 is 4.19. The molecule has 1 unspecified atom stereocenters. The third-order valence-corrected chi connectivity index (χ3v) is 2.89. The lowest BCUT2D eigenvalue weighted by atomic mass is 10.1. The van der Waals surface area contributed by atoms with E-state index >= 15 is 0 Å². The van der Waals surface area contributed by atoms with Gasteiger partial charge in [-0.05, 0) is 17.7 Å². The van der Waals surface area contributed by atoms with Crippen LogP contribution in [0.15, 0.2) is 12.3 Å². The fraction of sp³-hybridized carbons (Fsp3) is 0.444. The minimum atomic E-state index is 0.0413. The van der Waals surface area contributed by atoms with E-state index in [4.69, 9.17) is 5.73 Å². The molecular formula is C9H12N4OS. The van der Waals surface area contributed by atoms with Crippen molar-refractivity contribution in [3.05, 3.63) is 12.3 Å². The van der Waals surface area contributed by atoms with Crippen LogP contribution in [0.1, 0.15) is 6.42 Å². The fourth-order valence-corrected chi connectivity index (χ4v) is 1.83. The molecule has 0 saturated carbocycles. The van der Waals surface area contributed by atoms with Crippen LogP contribution in [0.3, 0.4) is 0 Å². The number of carbonyl (C=O) groups excluding carboxylic acids is 1. The van der Waals surface area contributed by atoms with Crippen LogP contribution in [0.25, 0.3) is 0 Å². The highest BCUT2D eigenvalue weighted by Gasteiger charge is 2.31. The molecule has 0 radical (unpaired) electrons. The fourth-order valence-electron chi connectivity index (χ4n) is 1.59. The largest absolute Gasteiger partial charge is 0.384 e. The number of amides is 1. The summed E-state index contributed by atoms with van der Waals surface area (Å²) in [6.07, 6.45) is 2.07. The maximum atomic E-state index is 11.6. The third-order valence-electron chi connectivity index (χ3n) is 2.37. The molecule has 1 amide bonds. The molecular weight excluding hydrogens is 212 g/mol. The second-order valence-electron chi connectivity index (χ2n) is 3.54. The van der Waals surface area contributed by atoms with Crippen molar-refractivity contribution in [3.8, 4) is 0 Å². The lowest BCUT2D eigenvalue weighted by Crippen LogP contribution is -2.26. The summed E-state index contributed by atoms with van der Waals surface area (Å²) in [4.78, 5) is 21.2. The van der Waals surface area contributed by atoms with E-state index in [0.717, 1.165) is 0 Å². The Hall–Kier alpha value is -1.30. The monoisotopic (exact) mass is 224 g/mol. The van der Waals surface area contributed by atoms with Gasteiger partial charge < -0.3 is 5.73 Å². The lowest BCUT2D eigenvalue weighted by Gasteiger charge is -2.13. The molecule has 1 aliphatic rings. The second-order valence-corrected chi connectivity index (χ2v) is 3.90. The average molecular weight is 224 g/mol. The Balaban J connectivity index is 2.21. The predicted molar refractivity (Wildman–Crippen MR) is 60.8 cm³/mol. The maximum Gasteiger partial charge on any atom is 0.234 e. The van der Waals surface area contributed by atoms with E-state index in [-0.39, 0.29) is 11.8 Å². The molecule has 1 saturated heterocycles. The number of anilines is 2. The molecule has 2 N–H and O–H groups in total. The van der Waals surface area contributed by atoms with Gasteiger partial charge in [-0.3, -0.25) is 9.69 Å². The Morgan fingerprint density at radius 2 is 2.47 bits per heavy atom. The van der Waals surface area contributed by atoms with Crippen molar-refractivity contribution in [1.82, 2.24) is 9.97 Å². The highest BCUT2D eigenvalue weighted by atomic mass is 32.1. The highest BCUT2D eigenvalue weighted by molar-refractivity contribution is 7.80. The van der Waals surface area contributed by atoms with Crippen LogP contribution in [0.2, 0.25) is 0 Å². The van der Waals surface area contributed by atoms with Crippen LogP contribution < -0.4 is 10.6 Å². The number of hydrogen-bond acceptors (Lipinski definition) is 5. The highest BCUT2D eigenvalue weighted by Crippen LogP contribution is 2.22. The van der Waals surface area contributed by atoms with E-state index in [1.807, 2.05) is 0 Å². The van der Waals surface area contributed by atoms with Crippen molar-refractivity contribution in [2.75, 3.05) is 22.9 Å². The minimum Gasteiger partial charge on any atom is -0.384 e. The van der Waals surface area contributed by atoms with Crippen LogP contribution in [-0.2, 0) is 4.79 Å². The number of nitrogen functional groups attached to an aromatic ring is 1. The van der Waals surface area contributed by atoms with Gasteiger partial charge in [0.2, 0.25) is 11.9 Å². The molecule has 6 heteroatoms. The first-order chi connectivity index (χ1) is 7.20. The molecule has 2 heterocycles. The third kappa shape index (κ3) is 2.04. The van der Waals surface area contributed by atoms with Crippen molar-refractivity contribution in [2.45, 2.75) is 6.42 Å². The minimum absolute atomic E-state index is 0.0413. The van der Waals surface area contributed by atoms with E-state index in [0.29, 0.717) is 30.5 Å². The predicted octanol–water partition coefficient (Wildman–Crippen LogP) is 0.341.